The van der Waals surface area contributed by atoms with Gasteiger partial charge in [0.2, 0.25) is 11.8 Å². The zero-order valence-electron chi connectivity index (χ0n) is 24.3. The highest BCUT2D eigenvalue weighted by atomic mass is 19.4. The van der Waals surface area contributed by atoms with E-state index >= 15 is 0 Å². The van der Waals surface area contributed by atoms with Crippen LogP contribution in [0.3, 0.4) is 0 Å². The number of carbonyl (C=O) groups is 3. The summed E-state index contributed by atoms with van der Waals surface area (Å²) in [6.45, 7) is 4.75. The topological polar surface area (TPSA) is 174 Å². The molecule has 14 heteroatoms. The van der Waals surface area contributed by atoms with Gasteiger partial charge in [-0.2, -0.15) is 13.2 Å². The van der Waals surface area contributed by atoms with Gasteiger partial charge in [0.15, 0.2) is 5.78 Å². The number of ketones is 1. The molecule has 0 spiro atoms. The number of halogens is 3. The molecule has 0 unspecified atom stereocenters. The zero-order valence-corrected chi connectivity index (χ0v) is 24.3. The molecular formula is C29H39BF3N5O5. The maximum Gasteiger partial charge on any atom is 0.492 e. The van der Waals surface area contributed by atoms with E-state index in [0.717, 1.165) is 17.7 Å². The molecule has 0 bridgehead atoms. The highest BCUT2D eigenvalue weighted by Gasteiger charge is 2.40. The third-order valence-electron chi connectivity index (χ3n) is 7.40. The molecule has 2 amide bonds. The van der Waals surface area contributed by atoms with Crippen LogP contribution >= 0.6 is 0 Å². The van der Waals surface area contributed by atoms with Gasteiger partial charge >= 0.3 is 13.3 Å². The number of Topliss-reactive ketones (excluding diaryl/α,β-unsaturated/α-hetero) is 1. The molecule has 2 atom stereocenters. The second kappa shape index (κ2) is 14.5. The molecular weight excluding hydrogens is 566 g/mol. The summed E-state index contributed by atoms with van der Waals surface area (Å²) in [5.74, 6) is -1.36. The van der Waals surface area contributed by atoms with Gasteiger partial charge in [0.25, 0.3) is 0 Å². The first kappa shape index (κ1) is 34.2. The zero-order chi connectivity index (χ0) is 31.9. The second-order valence-corrected chi connectivity index (χ2v) is 11.1. The molecule has 1 aliphatic heterocycles. The summed E-state index contributed by atoms with van der Waals surface area (Å²) in [6, 6.07) is 7.23. The van der Waals surface area contributed by atoms with Crippen molar-refractivity contribution in [2.45, 2.75) is 63.4 Å². The number of nitrogens with one attached hydrogen (secondary N) is 1. The van der Waals surface area contributed by atoms with Crippen LogP contribution < -0.4 is 28.0 Å². The van der Waals surface area contributed by atoms with E-state index in [-0.39, 0.29) is 44.7 Å². The Balaban J connectivity index is 1.75. The number of nitrogens with zero attached hydrogens (tertiary/aromatic N) is 1. The van der Waals surface area contributed by atoms with E-state index in [4.69, 9.17) is 21.9 Å². The summed E-state index contributed by atoms with van der Waals surface area (Å²) in [4.78, 5) is 40.6. The highest BCUT2D eigenvalue weighted by molar-refractivity contribution is 6.62. The molecule has 43 heavy (non-hydrogen) atoms. The number of hydrogen-bond donors (Lipinski definition) is 5. The average Bonchev–Trinajstić information content (AvgIpc) is 3.17. The van der Waals surface area contributed by atoms with Crippen LogP contribution in [0.25, 0.3) is 0 Å². The van der Waals surface area contributed by atoms with E-state index in [9.17, 15) is 32.6 Å². The van der Waals surface area contributed by atoms with Crippen molar-refractivity contribution in [2.75, 3.05) is 26.2 Å². The number of fused-ring (bicyclic) bond motifs is 1. The molecule has 0 saturated carbocycles. The monoisotopic (exact) mass is 605 g/mol. The number of hydrogen-bond acceptors (Lipinski definition) is 8. The van der Waals surface area contributed by atoms with Gasteiger partial charge in [-0.25, -0.2) is 0 Å². The maximum absolute atomic E-state index is 13.5. The van der Waals surface area contributed by atoms with Crippen LogP contribution in [0.5, 0.6) is 0 Å². The first-order chi connectivity index (χ1) is 20.2. The third-order valence-corrected chi connectivity index (χ3v) is 7.40. The predicted octanol–water partition coefficient (Wildman–Crippen LogP) is 0.351. The molecule has 234 valence electrons. The van der Waals surface area contributed by atoms with Crippen molar-refractivity contribution in [2.24, 2.45) is 17.2 Å². The highest BCUT2D eigenvalue weighted by Crippen LogP contribution is 2.31. The molecule has 0 radical (unpaired) electrons. The smallest absolute Gasteiger partial charge is 0.423 e. The van der Waals surface area contributed by atoms with E-state index < -0.39 is 48.2 Å². The molecule has 3 rings (SSSR count). The Morgan fingerprint density at radius 2 is 1.65 bits per heavy atom. The molecule has 10 nitrogen and oxygen atoms in total. The van der Waals surface area contributed by atoms with Crippen molar-refractivity contribution < 1.29 is 37.2 Å². The fourth-order valence-electron chi connectivity index (χ4n) is 5.04. The van der Waals surface area contributed by atoms with Gasteiger partial charge in [0.1, 0.15) is 0 Å². The van der Waals surface area contributed by atoms with Crippen molar-refractivity contribution in [1.29, 1.82) is 0 Å². The largest absolute Gasteiger partial charge is 0.492 e. The van der Waals surface area contributed by atoms with Crippen molar-refractivity contribution in [3.8, 4) is 0 Å². The molecule has 2 aromatic carbocycles. The molecule has 2 aromatic rings. The lowest BCUT2D eigenvalue weighted by atomic mass is 9.77. The van der Waals surface area contributed by atoms with Gasteiger partial charge < -0.3 is 37.1 Å². The molecule has 8 N–H and O–H groups in total. The molecule has 0 aromatic heterocycles. The molecule has 1 aliphatic rings. The van der Waals surface area contributed by atoms with Crippen molar-refractivity contribution in [3.63, 3.8) is 0 Å². The lowest BCUT2D eigenvalue weighted by Crippen LogP contribution is -2.50. The summed E-state index contributed by atoms with van der Waals surface area (Å²) in [5, 5.41) is 13.0. The molecule has 0 saturated heterocycles. The molecule has 0 aliphatic carbocycles. The van der Waals surface area contributed by atoms with Crippen LogP contribution in [0.1, 0.15) is 48.9 Å². The SMILES string of the molecule is CC1(C)OB(O)c2cc(CC(=O)[C@@H](Cc3ccc(C(F)(F)F)cc3)NC(=O)[C@@H](N)CCC(=O)N(CCN)CCN)ccc21. The average molecular weight is 605 g/mol. The van der Waals surface area contributed by atoms with Gasteiger partial charge in [-0.3, -0.25) is 14.4 Å². The van der Waals surface area contributed by atoms with Crippen molar-refractivity contribution in [3.05, 3.63) is 64.7 Å². The Morgan fingerprint density at radius 1 is 1.05 bits per heavy atom. The van der Waals surface area contributed by atoms with E-state index in [1.807, 2.05) is 13.8 Å². The maximum atomic E-state index is 13.5. The van der Waals surface area contributed by atoms with Gasteiger partial charge in [0.05, 0.1) is 23.2 Å². The summed E-state index contributed by atoms with van der Waals surface area (Å²) in [5.41, 5.74) is 17.9. The lowest BCUT2D eigenvalue weighted by Gasteiger charge is -2.23. The Morgan fingerprint density at radius 3 is 2.23 bits per heavy atom. The Bertz CT molecular complexity index is 1290. The van der Waals surface area contributed by atoms with Crippen LogP contribution in [0.2, 0.25) is 0 Å². The van der Waals surface area contributed by atoms with Gasteiger partial charge in [-0.05, 0) is 61.0 Å². The molecule has 0 fully saturated rings. The van der Waals surface area contributed by atoms with Crippen LogP contribution in [-0.2, 0) is 43.7 Å². The number of carbonyl (C=O) groups excluding carboxylic acids is 3. The van der Waals surface area contributed by atoms with Crippen LogP contribution in [0.15, 0.2) is 42.5 Å². The van der Waals surface area contributed by atoms with Gasteiger partial charge in [0, 0.05) is 39.0 Å². The number of benzene rings is 2. The minimum absolute atomic E-state index is 0.00397. The summed E-state index contributed by atoms with van der Waals surface area (Å²) < 4.78 is 44.8. The predicted molar refractivity (Wildman–Crippen MR) is 156 cm³/mol. The van der Waals surface area contributed by atoms with Crippen LogP contribution in [0, 0.1) is 0 Å². The minimum Gasteiger partial charge on any atom is -0.423 e. The minimum atomic E-state index is -4.52. The second-order valence-electron chi connectivity index (χ2n) is 11.1. The van der Waals surface area contributed by atoms with Gasteiger partial charge in [-0.1, -0.05) is 30.3 Å². The molecule has 1 heterocycles. The Labute approximate surface area is 249 Å². The summed E-state index contributed by atoms with van der Waals surface area (Å²) in [6.07, 6.45) is -4.78. The third kappa shape index (κ3) is 9.10. The Kier molecular flexibility index (Phi) is 11.5. The Hall–Kier alpha value is -3.30. The van der Waals surface area contributed by atoms with Crippen molar-refractivity contribution >= 4 is 30.2 Å². The van der Waals surface area contributed by atoms with E-state index in [2.05, 4.69) is 5.32 Å². The first-order valence-corrected chi connectivity index (χ1v) is 14.1. The lowest BCUT2D eigenvalue weighted by molar-refractivity contribution is -0.137. The number of alkyl halides is 3. The van der Waals surface area contributed by atoms with Crippen LogP contribution in [-0.4, -0.2) is 72.9 Å². The van der Waals surface area contributed by atoms with Crippen molar-refractivity contribution in [1.82, 2.24) is 10.2 Å². The number of rotatable bonds is 14. The fraction of sp³-hybridized carbons (Fsp3) is 0.483. The van der Waals surface area contributed by atoms with E-state index in [1.165, 1.54) is 17.0 Å². The summed E-state index contributed by atoms with van der Waals surface area (Å²) >= 11 is 0. The quantitative estimate of drug-likeness (QED) is 0.192. The van der Waals surface area contributed by atoms with Crippen LogP contribution in [0.4, 0.5) is 13.2 Å². The van der Waals surface area contributed by atoms with E-state index in [1.54, 1.807) is 18.2 Å². The number of nitrogens with two attached hydrogens (primary N) is 3. The number of amides is 2. The normalized spacial score (nSPS) is 15.5. The first-order valence-electron chi connectivity index (χ1n) is 14.1. The fourth-order valence-corrected chi connectivity index (χ4v) is 5.04. The summed E-state index contributed by atoms with van der Waals surface area (Å²) in [7, 11) is -1.16. The van der Waals surface area contributed by atoms with E-state index in [0.29, 0.717) is 29.7 Å². The standard InChI is InChI=1S/C29H39BF3N5O5/c1-28(2)21-8-5-19(15-22(21)30(42)43-28)17-25(39)24(16-18-3-6-20(7-4-18)29(31,32)33)37-27(41)23(36)9-10-26(40)38(13-11-34)14-12-35/h3-8,15,23-24,42H,9-14,16-17,34-36H2,1-2H3,(H,37,41)/t23-,24+/m0/s1. The van der Waals surface area contributed by atoms with Gasteiger partial charge in [-0.15, -0.1) is 0 Å².